The van der Waals surface area contributed by atoms with Gasteiger partial charge in [0.05, 0.1) is 12.0 Å². The number of nitrogens with one attached hydrogen (secondary N) is 1. The van der Waals surface area contributed by atoms with Crippen molar-refractivity contribution in [3.63, 3.8) is 0 Å². The summed E-state index contributed by atoms with van der Waals surface area (Å²) in [7, 11) is 0. The third kappa shape index (κ3) is 3.36. The second kappa shape index (κ2) is 6.21. The van der Waals surface area contributed by atoms with Crippen molar-refractivity contribution in [2.24, 2.45) is 5.73 Å². The molecule has 0 fully saturated rings. The molecule has 0 aliphatic rings. The lowest BCUT2D eigenvalue weighted by molar-refractivity contribution is 0.0995. The number of para-hydroxylation sites is 2. The molecule has 0 bridgehead atoms. The van der Waals surface area contributed by atoms with Crippen LogP contribution in [0.3, 0.4) is 0 Å². The smallest absolute Gasteiger partial charge is 0.291 e. The van der Waals surface area contributed by atoms with Gasteiger partial charge in [0.25, 0.3) is 5.91 Å². The number of carbonyl (C=O) groups excluding carboxylic acids is 1. The summed E-state index contributed by atoms with van der Waals surface area (Å²) in [6.07, 6.45) is 1.47. The SMILES string of the molecule is Cc1ccoc1C(=O)Nc1ccccc1OCC(N)=S. The highest BCUT2D eigenvalue weighted by atomic mass is 32.1. The van der Waals surface area contributed by atoms with Gasteiger partial charge in [0.15, 0.2) is 5.76 Å². The average Bonchev–Trinajstić information content (AvgIpc) is 2.84. The molecule has 2 rings (SSSR count). The zero-order valence-electron chi connectivity index (χ0n) is 10.9. The Labute approximate surface area is 121 Å². The lowest BCUT2D eigenvalue weighted by Crippen LogP contribution is -2.19. The molecule has 0 spiro atoms. The first kappa shape index (κ1) is 14.1. The van der Waals surface area contributed by atoms with E-state index in [1.807, 2.05) is 0 Å². The number of anilines is 1. The zero-order chi connectivity index (χ0) is 14.5. The number of carbonyl (C=O) groups is 1. The van der Waals surface area contributed by atoms with Crippen LogP contribution >= 0.6 is 12.2 Å². The van der Waals surface area contributed by atoms with Crippen molar-refractivity contribution in [1.29, 1.82) is 0 Å². The molecule has 0 atom stereocenters. The minimum atomic E-state index is -0.334. The van der Waals surface area contributed by atoms with Gasteiger partial charge in [-0.2, -0.15) is 0 Å². The van der Waals surface area contributed by atoms with E-state index < -0.39 is 0 Å². The van der Waals surface area contributed by atoms with Crippen LogP contribution in [0.1, 0.15) is 16.1 Å². The van der Waals surface area contributed by atoms with Crippen molar-refractivity contribution < 1.29 is 13.9 Å². The monoisotopic (exact) mass is 290 g/mol. The molecular formula is C14H14N2O3S. The van der Waals surface area contributed by atoms with Crippen molar-refractivity contribution in [3.8, 4) is 5.75 Å². The summed E-state index contributed by atoms with van der Waals surface area (Å²) in [4.78, 5) is 12.3. The molecule has 3 N–H and O–H groups in total. The molecule has 5 nitrogen and oxygen atoms in total. The lowest BCUT2D eigenvalue weighted by Gasteiger charge is -2.11. The van der Waals surface area contributed by atoms with Gasteiger partial charge in [0.1, 0.15) is 17.3 Å². The van der Waals surface area contributed by atoms with E-state index in [1.165, 1.54) is 6.26 Å². The van der Waals surface area contributed by atoms with Crippen LogP contribution in [-0.4, -0.2) is 17.5 Å². The lowest BCUT2D eigenvalue weighted by atomic mass is 10.2. The summed E-state index contributed by atoms with van der Waals surface area (Å²) in [6, 6.07) is 8.76. The predicted molar refractivity (Wildman–Crippen MR) is 80.1 cm³/mol. The predicted octanol–water partition coefficient (Wildman–Crippen LogP) is 2.51. The van der Waals surface area contributed by atoms with Crippen LogP contribution in [0.2, 0.25) is 0 Å². The molecule has 0 saturated carbocycles. The van der Waals surface area contributed by atoms with E-state index in [4.69, 9.17) is 27.1 Å². The molecule has 0 unspecified atom stereocenters. The molecule has 1 aromatic carbocycles. The topological polar surface area (TPSA) is 77.5 Å². The van der Waals surface area contributed by atoms with Crippen LogP contribution in [0.15, 0.2) is 41.0 Å². The Morgan fingerprint density at radius 3 is 2.80 bits per heavy atom. The number of amides is 1. The highest BCUT2D eigenvalue weighted by Crippen LogP contribution is 2.24. The number of nitrogens with two attached hydrogens (primary N) is 1. The maximum atomic E-state index is 12.1. The molecule has 1 aromatic heterocycles. The van der Waals surface area contributed by atoms with Crippen LogP contribution in [-0.2, 0) is 0 Å². The normalized spacial score (nSPS) is 10.1. The van der Waals surface area contributed by atoms with Gasteiger partial charge in [-0.05, 0) is 25.1 Å². The summed E-state index contributed by atoms with van der Waals surface area (Å²) in [5, 5.41) is 2.74. The Hall–Kier alpha value is -2.34. The number of rotatable bonds is 5. The Kier molecular flexibility index (Phi) is 4.37. The maximum Gasteiger partial charge on any atom is 0.291 e. The molecule has 6 heteroatoms. The number of hydrogen-bond acceptors (Lipinski definition) is 4. The van der Waals surface area contributed by atoms with E-state index in [9.17, 15) is 4.79 Å². The Bertz CT molecular complexity index is 637. The molecule has 1 amide bonds. The molecule has 2 aromatic rings. The minimum Gasteiger partial charge on any atom is -0.484 e. The molecule has 0 radical (unpaired) electrons. The quantitative estimate of drug-likeness (QED) is 0.827. The fraction of sp³-hybridized carbons (Fsp3) is 0.143. The van der Waals surface area contributed by atoms with Gasteiger partial charge in [-0.15, -0.1) is 0 Å². The zero-order valence-corrected chi connectivity index (χ0v) is 11.7. The van der Waals surface area contributed by atoms with Gasteiger partial charge in [0.2, 0.25) is 0 Å². The van der Waals surface area contributed by atoms with Gasteiger partial charge in [-0.25, -0.2) is 0 Å². The standard InChI is InChI=1S/C14H14N2O3S/c1-9-6-7-18-13(9)14(17)16-10-4-2-3-5-11(10)19-8-12(15)20/h2-7H,8H2,1H3,(H2,15,20)(H,16,17). The molecule has 0 aliphatic carbocycles. The van der Waals surface area contributed by atoms with E-state index >= 15 is 0 Å². The van der Waals surface area contributed by atoms with E-state index in [-0.39, 0.29) is 23.3 Å². The number of thiocarbonyl (C=S) groups is 1. The first-order chi connectivity index (χ1) is 9.58. The Morgan fingerprint density at radius 2 is 2.15 bits per heavy atom. The van der Waals surface area contributed by atoms with Crippen molar-refractivity contribution >= 4 is 28.8 Å². The second-order valence-electron chi connectivity index (χ2n) is 4.14. The van der Waals surface area contributed by atoms with Crippen LogP contribution in [0, 0.1) is 6.92 Å². The molecule has 20 heavy (non-hydrogen) atoms. The van der Waals surface area contributed by atoms with Crippen molar-refractivity contribution in [2.45, 2.75) is 6.92 Å². The van der Waals surface area contributed by atoms with Gasteiger partial charge < -0.3 is 20.2 Å². The summed E-state index contributed by atoms with van der Waals surface area (Å²) in [5.41, 5.74) is 6.69. The van der Waals surface area contributed by atoms with Crippen LogP contribution < -0.4 is 15.8 Å². The average molecular weight is 290 g/mol. The van der Waals surface area contributed by atoms with Gasteiger partial charge in [-0.1, -0.05) is 24.4 Å². The first-order valence-electron chi connectivity index (χ1n) is 5.93. The maximum absolute atomic E-state index is 12.1. The summed E-state index contributed by atoms with van der Waals surface area (Å²) >= 11 is 4.76. The van der Waals surface area contributed by atoms with Crippen molar-refractivity contribution in [2.75, 3.05) is 11.9 Å². The van der Waals surface area contributed by atoms with Gasteiger partial charge in [-0.3, -0.25) is 4.79 Å². The highest BCUT2D eigenvalue weighted by molar-refractivity contribution is 7.80. The summed E-state index contributed by atoms with van der Waals surface area (Å²) < 4.78 is 10.6. The molecule has 1 heterocycles. The molecule has 104 valence electrons. The van der Waals surface area contributed by atoms with E-state index in [2.05, 4.69) is 5.32 Å². The fourth-order valence-corrected chi connectivity index (χ4v) is 1.69. The van der Waals surface area contributed by atoms with Crippen LogP contribution in [0.4, 0.5) is 5.69 Å². The third-order valence-electron chi connectivity index (χ3n) is 2.57. The minimum absolute atomic E-state index is 0.113. The summed E-state index contributed by atoms with van der Waals surface area (Å²) in [6.45, 7) is 1.91. The summed E-state index contributed by atoms with van der Waals surface area (Å²) in [5.74, 6) is 0.436. The highest BCUT2D eigenvalue weighted by Gasteiger charge is 2.14. The molecular weight excluding hydrogens is 276 g/mol. The van der Waals surface area contributed by atoms with E-state index in [0.717, 1.165) is 5.56 Å². The van der Waals surface area contributed by atoms with Gasteiger partial charge in [0, 0.05) is 5.56 Å². The number of furan rings is 1. The van der Waals surface area contributed by atoms with Gasteiger partial charge >= 0.3 is 0 Å². The Balaban J connectivity index is 2.15. The number of aryl methyl sites for hydroxylation is 1. The van der Waals surface area contributed by atoms with Crippen molar-refractivity contribution in [1.82, 2.24) is 0 Å². The van der Waals surface area contributed by atoms with E-state index in [1.54, 1.807) is 37.3 Å². The number of hydrogen-bond donors (Lipinski definition) is 2. The van der Waals surface area contributed by atoms with Crippen molar-refractivity contribution in [3.05, 3.63) is 47.9 Å². The Morgan fingerprint density at radius 1 is 1.40 bits per heavy atom. The largest absolute Gasteiger partial charge is 0.484 e. The molecule has 0 aliphatic heterocycles. The third-order valence-corrected chi connectivity index (χ3v) is 2.69. The fourth-order valence-electron chi connectivity index (χ4n) is 1.63. The second-order valence-corrected chi connectivity index (χ2v) is 4.66. The number of benzene rings is 1. The van der Waals surface area contributed by atoms with Crippen LogP contribution in [0.25, 0.3) is 0 Å². The first-order valence-corrected chi connectivity index (χ1v) is 6.34. The number of ether oxygens (including phenoxy) is 1. The van der Waals surface area contributed by atoms with E-state index in [0.29, 0.717) is 11.4 Å². The van der Waals surface area contributed by atoms with Crippen LogP contribution in [0.5, 0.6) is 5.75 Å². The molecule has 0 saturated heterocycles.